The van der Waals surface area contributed by atoms with Crippen LogP contribution in [0.25, 0.3) is 0 Å². The molecule has 2 heterocycles. The van der Waals surface area contributed by atoms with Crippen LogP contribution in [0, 0.1) is 6.92 Å². The number of aryl methyl sites for hydroxylation is 1. The number of ether oxygens (including phenoxy) is 2. The molecule has 37 heavy (non-hydrogen) atoms. The van der Waals surface area contributed by atoms with Crippen LogP contribution >= 0.6 is 0 Å². The van der Waals surface area contributed by atoms with Gasteiger partial charge < -0.3 is 18.8 Å². The second kappa shape index (κ2) is 9.27. The molecule has 0 N–H and O–H groups in total. The number of furan rings is 1. The van der Waals surface area contributed by atoms with Gasteiger partial charge in [0.25, 0.3) is 5.91 Å². The minimum absolute atomic E-state index is 0.0725. The predicted octanol–water partition coefficient (Wildman–Crippen LogP) is 6.74. The summed E-state index contributed by atoms with van der Waals surface area (Å²) < 4.78 is 17.0. The molecule has 1 aliphatic heterocycles. The van der Waals surface area contributed by atoms with Crippen molar-refractivity contribution in [1.29, 1.82) is 0 Å². The number of fused-ring (bicyclic) bond motifs is 2. The average Bonchev–Trinajstić information content (AvgIpc) is 3.34. The van der Waals surface area contributed by atoms with E-state index in [4.69, 9.17) is 13.9 Å². The van der Waals surface area contributed by atoms with Gasteiger partial charge in [0.1, 0.15) is 5.76 Å². The van der Waals surface area contributed by atoms with Crippen LogP contribution in [-0.4, -0.2) is 31.6 Å². The topological polar surface area (TPSA) is 51.9 Å². The van der Waals surface area contributed by atoms with Crippen LogP contribution in [-0.2, 0) is 30.2 Å². The van der Waals surface area contributed by atoms with Gasteiger partial charge in [0.05, 0.1) is 14.2 Å². The number of benzene rings is 2. The lowest BCUT2D eigenvalue weighted by molar-refractivity contribution is 0.0700. The van der Waals surface area contributed by atoms with Crippen molar-refractivity contribution in [1.82, 2.24) is 4.90 Å². The Morgan fingerprint density at radius 1 is 0.919 bits per heavy atom. The largest absolute Gasteiger partial charge is 0.493 e. The summed E-state index contributed by atoms with van der Waals surface area (Å²) >= 11 is 0. The van der Waals surface area contributed by atoms with Gasteiger partial charge in [0.2, 0.25) is 0 Å². The second-order valence-electron chi connectivity index (χ2n) is 12.0. The third-order valence-electron chi connectivity index (χ3n) is 8.55. The maximum Gasteiger partial charge on any atom is 0.289 e. The van der Waals surface area contributed by atoms with E-state index in [1.807, 2.05) is 29.2 Å². The fourth-order valence-corrected chi connectivity index (χ4v) is 5.95. The third kappa shape index (κ3) is 4.65. The van der Waals surface area contributed by atoms with Crippen LogP contribution in [0.15, 0.2) is 40.8 Å². The van der Waals surface area contributed by atoms with E-state index in [1.54, 1.807) is 14.2 Å². The molecule has 2 aromatic carbocycles. The molecular formula is C32H39NO4. The third-order valence-corrected chi connectivity index (χ3v) is 8.55. The Balaban J connectivity index is 1.35. The summed E-state index contributed by atoms with van der Waals surface area (Å²) in [7, 11) is 3.28. The van der Waals surface area contributed by atoms with Gasteiger partial charge in [-0.2, -0.15) is 0 Å². The van der Waals surface area contributed by atoms with Gasteiger partial charge in [-0.3, -0.25) is 4.79 Å². The van der Waals surface area contributed by atoms with Crippen molar-refractivity contribution in [2.24, 2.45) is 0 Å². The zero-order valence-electron chi connectivity index (χ0n) is 23.3. The molecule has 3 aromatic rings. The number of amides is 1. The van der Waals surface area contributed by atoms with E-state index in [2.05, 4.69) is 46.8 Å². The summed E-state index contributed by atoms with van der Waals surface area (Å²) in [4.78, 5) is 15.2. The molecule has 1 amide bonds. The lowest BCUT2D eigenvalue weighted by Crippen LogP contribution is -2.35. The molecule has 0 bridgehead atoms. The molecule has 0 fully saturated rings. The van der Waals surface area contributed by atoms with E-state index < -0.39 is 0 Å². The average molecular weight is 502 g/mol. The van der Waals surface area contributed by atoms with Crippen LogP contribution in [0.1, 0.15) is 90.2 Å². The standard InChI is InChI=1S/C32H39NO4/c1-20-14-25-26(32(4,5)12-11-31(25,2)3)16-22(20)15-24-8-9-27(37-24)30(34)33-13-10-21-17-28(35-6)29(36-7)18-23(21)19-33/h8-9,14,16-18H,10-13,15,19H2,1-7H3. The Morgan fingerprint density at radius 3 is 2.19 bits per heavy atom. The van der Waals surface area contributed by atoms with Crippen molar-refractivity contribution in [2.75, 3.05) is 20.8 Å². The fraction of sp³-hybridized carbons (Fsp3) is 0.469. The maximum atomic E-state index is 13.3. The first-order chi connectivity index (χ1) is 17.5. The Labute approximate surface area is 220 Å². The monoisotopic (exact) mass is 501 g/mol. The molecule has 2 aliphatic rings. The maximum absolute atomic E-state index is 13.3. The Morgan fingerprint density at radius 2 is 1.54 bits per heavy atom. The highest BCUT2D eigenvalue weighted by atomic mass is 16.5. The molecular weight excluding hydrogens is 462 g/mol. The van der Waals surface area contributed by atoms with Crippen LogP contribution in [0.3, 0.4) is 0 Å². The SMILES string of the molecule is COc1cc2c(cc1OC)CN(C(=O)c1ccc(Cc3cc4c(cc3C)C(C)(C)CCC4(C)C)o1)CC2. The van der Waals surface area contributed by atoms with Gasteiger partial charge in [0, 0.05) is 19.5 Å². The number of hydrogen-bond acceptors (Lipinski definition) is 4. The van der Waals surface area contributed by atoms with Gasteiger partial charge in [-0.05, 0) is 94.7 Å². The molecule has 5 nitrogen and oxygen atoms in total. The predicted molar refractivity (Wildman–Crippen MR) is 146 cm³/mol. The summed E-state index contributed by atoms with van der Waals surface area (Å²) in [6.07, 6.45) is 3.85. The number of carbonyl (C=O) groups excluding carboxylic acids is 1. The van der Waals surface area contributed by atoms with E-state index in [-0.39, 0.29) is 16.7 Å². The minimum atomic E-state index is -0.0725. The Kier molecular flexibility index (Phi) is 6.37. The molecule has 0 unspecified atom stereocenters. The first kappa shape index (κ1) is 25.4. The van der Waals surface area contributed by atoms with Gasteiger partial charge in [-0.15, -0.1) is 0 Å². The van der Waals surface area contributed by atoms with Gasteiger partial charge in [-0.1, -0.05) is 39.8 Å². The number of nitrogens with zero attached hydrogens (tertiary/aromatic N) is 1. The highest BCUT2D eigenvalue weighted by molar-refractivity contribution is 5.91. The molecule has 0 atom stereocenters. The number of hydrogen-bond donors (Lipinski definition) is 0. The van der Waals surface area contributed by atoms with E-state index in [0.29, 0.717) is 31.0 Å². The van der Waals surface area contributed by atoms with Crippen molar-refractivity contribution in [3.05, 3.63) is 81.3 Å². The van der Waals surface area contributed by atoms with Crippen LogP contribution in [0.5, 0.6) is 11.5 Å². The fourth-order valence-electron chi connectivity index (χ4n) is 5.95. The molecule has 196 valence electrons. The van der Waals surface area contributed by atoms with E-state index in [0.717, 1.165) is 23.5 Å². The summed E-state index contributed by atoms with van der Waals surface area (Å²) in [5, 5.41) is 0. The molecule has 5 heteroatoms. The quantitative estimate of drug-likeness (QED) is 0.388. The van der Waals surface area contributed by atoms with Crippen LogP contribution < -0.4 is 9.47 Å². The lowest BCUT2D eigenvalue weighted by Gasteiger charge is -2.42. The highest BCUT2D eigenvalue weighted by Gasteiger charge is 2.37. The Hall–Kier alpha value is -3.21. The van der Waals surface area contributed by atoms with Gasteiger partial charge in [-0.25, -0.2) is 0 Å². The molecule has 1 aromatic heterocycles. The zero-order valence-corrected chi connectivity index (χ0v) is 23.3. The van der Waals surface area contributed by atoms with Crippen molar-refractivity contribution in [2.45, 2.75) is 77.7 Å². The van der Waals surface area contributed by atoms with E-state index >= 15 is 0 Å². The molecule has 0 saturated carbocycles. The lowest BCUT2D eigenvalue weighted by atomic mass is 9.62. The summed E-state index contributed by atoms with van der Waals surface area (Å²) in [6.45, 7) is 12.8. The van der Waals surface area contributed by atoms with Gasteiger partial charge in [0.15, 0.2) is 17.3 Å². The smallest absolute Gasteiger partial charge is 0.289 e. The highest BCUT2D eigenvalue weighted by Crippen LogP contribution is 2.46. The molecule has 0 saturated heterocycles. The summed E-state index contributed by atoms with van der Waals surface area (Å²) in [5.74, 6) is 2.56. The number of rotatable bonds is 5. The summed E-state index contributed by atoms with van der Waals surface area (Å²) in [6, 6.07) is 12.5. The molecule has 0 spiro atoms. The van der Waals surface area contributed by atoms with Crippen molar-refractivity contribution in [3.8, 4) is 11.5 Å². The van der Waals surface area contributed by atoms with E-state index in [9.17, 15) is 4.79 Å². The van der Waals surface area contributed by atoms with Crippen molar-refractivity contribution in [3.63, 3.8) is 0 Å². The first-order valence-corrected chi connectivity index (χ1v) is 13.3. The van der Waals surface area contributed by atoms with Crippen LogP contribution in [0.2, 0.25) is 0 Å². The first-order valence-electron chi connectivity index (χ1n) is 13.3. The summed E-state index contributed by atoms with van der Waals surface area (Å²) in [5.41, 5.74) is 8.10. The van der Waals surface area contributed by atoms with Crippen molar-refractivity contribution >= 4 is 5.91 Å². The molecule has 0 radical (unpaired) electrons. The minimum Gasteiger partial charge on any atom is -0.493 e. The number of methoxy groups -OCH3 is 2. The van der Waals surface area contributed by atoms with Crippen molar-refractivity contribution < 1.29 is 18.7 Å². The normalized spacial score (nSPS) is 17.6. The van der Waals surface area contributed by atoms with Gasteiger partial charge >= 0.3 is 0 Å². The van der Waals surface area contributed by atoms with Crippen LogP contribution in [0.4, 0.5) is 0 Å². The molecule has 1 aliphatic carbocycles. The number of carbonyl (C=O) groups is 1. The van der Waals surface area contributed by atoms with E-state index in [1.165, 1.54) is 40.7 Å². The zero-order chi connectivity index (χ0) is 26.5. The Bertz CT molecular complexity index is 1350. The molecule has 5 rings (SSSR count). The second-order valence-corrected chi connectivity index (χ2v) is 12.0.